The summed E-state index contributed by atoms with van der Waals surface area (Å²) in [6.07, 6.45) is 2.80. The number of aliphatic hydroxyl groups is 3. The van der Waals surface area contributed by atoms with E-state index >= 15 is 0 Å². The van der Waals surface area contributed by atoms with Crippen LogP contribution in [0.15, 0.2) is 54.6 Å². The number of fused-ring (bicyclic) bond motifs is 1. The van der Waals surface area contributed by atoms with E-state index in [4.69, 9.17) is 20.9 Å². The van der Waals surface area contributed by atoms with Crippen LogP contribution < -0.4 is 5.73 Å². The lowest BCUT2D eigenvalue weighted by Gasteiger charge is -2.16. The number of halogens is 1. The van der Waals surface area contributed by atoms with Crippen LogP contribution in [0.4, 0.5) is 4.39 Å². The third-order valence-corrected chi connectivity index (χ3v) is 6.53. The van der Waals surface area contributed by atoms with Gasteiger partial charge in [0.05, 0.1) is 36.4 Å². The quantitative estimate of drug-likeness (QED) is 0.264. The highest BCUT2D eigenvalue weighted by Crippen LogP contribution is 2.45. The van der Waals surface area contributed by atoms with Crippen molar-refractivity contribution >= 4 is 22.9 Å². The standard InChI is InChI=1S/C25H24FNO4.C5H13NO/c26-17-9-7-15(8-10-17)24-20-3-1-2-4-22(20)27-25(16-5-6-16)21(24)12-11-18(28)13-19(29)14-23(30)31;1-4(2)5(6)3-7/h1-4,7-12,16,18-19,28-29H,5-6,13-14H2,(H,30,31);4-5,7H,3,6H2,1-2H3/b12-11+;/t18-,19-;5-/m10/s1. The van der Waals surface area contributed by atoms with Gasteiger partial charge in [-0.05, 0) is 42.5 Å². The van der Waals surface area contributed by atoms with Crippen LogP contribution in [0.5, 0.6) is 0 Å². The molecule has 204 valence electrons. The van der Waals surface area contributed by atoms with E-state index in [2.05, 4.69) is 0 Å². The van der Waals surface area contributed by atoms with Crippen LogP contribution in [0, 0.1) is 11.7 Å². The molecule has 3 aromatic rings. The summed E-state index contributed by atoms with van der Waals surface area (Å²) in [5.41, 5.74) is 9.79. The summed E-state index contributed by atoms with van der Waals surface area (Å²) in [5, 5.41) is 38.3. The molecule has 0 radical (unpaired) electrons. The zero-order valence-corrected chi connectivity index (χ0v) is 21.8. The molecule has 1 heterocycles. The Morgan fingerprint density at radius 1 is 1.13 bits per heavy atom. The van der Waals surface area contributed by atoms with E-state index in [9.17, 15) is 19.4 Å². The summed E-state index contributed by atoms with van der Waals surface area (Å²) in [5.74, 6) is -0.704. The van der Waals surface area contributed by atoms with E-state index in [-0.39, 0.29) is 24.9 Å². The maximum atomic E-state index is 13.6. The van der Waals surface area contributed by atoms with Crippen LogP contribution in [-0.4, -0.2) is 56.2 Å². The van der Waals surface area contributed by atoms with Gasteiger partial charge in [0.2, 0.25) is 0 Å². The topological polar surface area (TPSA) is 137 Å². The second-order valence-electron chi connectivity index (χ2n) is 10.1. The van der Waals surface area contributed by atoms with Gasteiger partial charge in [-0.3, -0.25) is 9.78 Å². The highest BCUT2D eigenvalue weighted by Gasteiger charge is 2.29. The number of pyridine rings is 1. The smallest absolute Gasteiger partial charge is 0.305 e. The van der Waals surface area contributed by atoms with Gasteiger partial charge >= 0.3 is 5.97 Å². The molecule has 0 unspecified atom stereocenters. The molecule has 0 spiro atoms. The summed E-state index contributed by atoms with van der Waals surface area (Å²) in [7, 11) is 0. The average molecular weight is 525 g/mol. The number of carboxylic acid groups (broad SMARTS) is 1. The van der Waals surface area contributed by atoms with Gasteiger partial charge in [-0.15, -0.1) is 0 Å². The van der Waals surface area contributed by atoms with Gasteiger partial charge in [0.25, 0.3) is 0 Å². The van der Waals surface area contributed by atoms with Gasteiger partial charge in [0, 0.05) is 34.9 Å². The van der Waals surface area contributed by atoms with Gasteiger partial charge in [0.1, 0.15) is 5.82 Å². The van der Waals surface area contributed by atoms with Crippen LogP contribution in [0.2, 0.25) is 0 Å². The molecule has 7 nitrogen and oxygen atoms in total. The van der Waals surface area contributed by atoms with Gasteiger partial charge in [-0.1, -0.05) is 56.3 Å². The van der Waals surface area contributed by atoms with Crippen molar-refractivity contribution in [2.24, 2.45) is 11.7 Å². The minimum Gasteiger partial charge on any atom is -0.481 e. The summed E-state index contributed by atoms with van der Waals surface area (Å²) in [6.45, 7) is 4.07. The minimum atomic E-state index is -1.13. The molecule has 8 heteroatoms. The number of hydrogen-bond donors (Lipinski definition) is 5. The first-order valence-electron chi connectivity index (χ1n) is 12.9. The van der Waals surface area contributed by atoms with Crippen LogP contribution in [0.3, 0.4) is 0 Å². The summed E-state index contributed by atoms with van der Waals surface area (Å²) < 4.78 is 13.6. The number of benzene rings is 2. The van der Waals surface area contributed by atoms with Crippen molar-refractivity contribution in [2.75, 3.05) is 6.61 Å². The number of hydrogen-bond acceptors (Lipinski definition) is 6. The van der Waals surface area contributed by atoms with Gasteiger partial charge in [-0.2, -0.15) is 0 Å². The fraction of sp³-hybridized carbons (Fsp3) is 0.400. The fourth-order valence-corrected chi connectivity index (χ4v) is 4.07. The lowest BCUT2D eigenvalue weighted by molar-refractivity contribution is -0.139. The zero-order chi connectivity index (χ0) is 27.8. The Labute approximate surface area is 222 Å². The lowest BCUT2D eigenvalue weighted by atomic mass is 9.92. The average Bonchev–Trinajstić information content (AvgIpc) is 3.72. The molecule has 0 amide bonds. The van der Waals surface area contributed by atoms with E-state index in [1.165, 1.54) is 12.1 Å². The summed E-state index contributed by atoms with van der Waals surface area (Å²) in [6, 6.07) is 14.1. The van der Waals surface area contributed by atoms with Crippen LogP contribution in [0.1, 0.15) is 56.7 Å². The zero-order valence-electron chi connectivity index (χ0n) is 21.8. The first kappa shape index (κ1) is 29.4. The highest BCUT2D eigenvalue weighted by molar-refractivity contribution is 5.99. The Bertz CT molecular complexity index is 1240. The molecule has 0 saturated heterocycles. The molecule has 38 heavy (non-hydrogen) atoms. The van der Waals surface area contributed by atoms with Crippen molar-refractivity contribution in [3.8, 4) is 11.1 Å². The molecule has 1 aliphatic rings. The molecular weight excluding hydrogens is 487 g/mol. The first-order chi connectivity index (χ1) is 18.1. The number of para-hydroxylation sites is 1. The molecule has 4 rings (SSSR count). The van der Waals surface area contributed by atoms with Gasteiger partial charge < -0.3 is 26.2 Å². The molecule has 3 atom stereocenters. The third-order valence-electron chi connectivity index (χ3n) is 6.53. The molecule has 2 aromatic carbocycles. The molecule has 1 aliphatic carbocycles. The highest BCUT2D eigenvalue weighted by atomic mass is 19.1. The second-order valence-corrected chi connectivity index (χ2v) is 10.1. The SMILES string of the molecule is CC(C)[C@@H](N)CO.O=C(O)C[C@H](O)C[C@H](O)/C=C/c1c(C2CC2)nc2ccccc2c1-c1ccc(F)cc1. The van der Waals surface area contributed by atoms with Gasteiger partial charge in [0.15, 0.2) is 0 Å². The van der Waals surface area contributed by atoms with E-state index in [0.717, 1.165) is 46.1 Å². The second kappa shape index (κ2) is 13.6. The summed E-state index contributed by atoms with van der Waals surface area (Å²) in [4.78, 5) is 15.6. The fourth-order valence-electron chi connectivity index (χ4n) is 4.07. The number of carboxylic acids is 1. The molecule has 6 N–H and O–H groups in total. The normalized spacial score (nSPS) is 15.8. The number of aromatic nitrogens is 1. The van der Waals surface area contributed by atoms with Crippen molar-refractivity contribution in [3.05, 3.63) is 71.7 Å². The Hall–Kier alpha value is -3.17. The maximum absolute atomic E-state index is 13.6. The van der Waals surface area contributed by atoms with E-state index in [0.29, 0.717) is 11.8 Å². The lowest BCUT2D eigenvalue weighted by Crippen LogP contribution is -2.29. The molecule has 1 saturated carbocycles. The monoisotopic (exact) mass is 524 g/mol. The minimum absolute atomic E-state index is 0.0417. The van der Waals surface area contributed by atoms with E-state index < -0.39 is 24.6 Å². The third kappa shape index (κ3) is 8.16. The predicted molar refractivity (Wildman–Crippen MR) is 147 cm³/mol. The maximum Gasteiger partial charge on any atom is 0.305 e. The molecule has 1 aromatic heterocycles. The number of aliphatic carboxylic acids is 1. The first-order valence-corrected chi connectivity index (χ1v) is 12.9. The Balaban J connectivity index is 0.000000505. The van der Waals surface area contributed by atoms with Crippen molar-refractivity contribution in [2.45, 2.75) is 63.7 Å². The largest absolute Gasteiger partial charge is 0.481 e. The molecule has 0 bridgehead atoms. The van der Waals surface area contributed by atoms with E-state index in [1.807, 2.05) is 38.1 Å². The van der Waals surface area contributed by atoms with Crippen molar-refractivity contribution in [1.29, 1.82) is 0 Å². The molecular formula is C30H37FN2O5. The molecule has 0 aliphatic heterocycles. The van der Waals surface area contributed by atoms with Crippen LogP contribution in [0.25, 0.3) is 28.1 Å². The number of aliphatic hydroxyl groups excluding tert-OH is 3. The Morgan fingerprint density at radius 3 is 2.34 bits per heavy atom. The number of carbonyl (C=O) groups is 1. The Morgan fingerprint density at radius 2 is 1.79 bits per heavy atom. The number of nitrogens with zero attached hydrogens (tertiary/aromatic N) is 1. The van der Waals surface area contributed by atoms with Crippen molar-refractivity contribution in [1.82, 2.24) is 4.98 Å². The van der Waals surface area contributed by atoms with Crippen LogP contribution >= 0.6 is 0 Å². The Kier molecular flexibility index (Phi) is 10.5. The number of rotatable bonds is 10. The predicted octanol–water partition coefficient (Wildman–Crippen LogP) is 4.48. The van der Waals surface area contributed by atoms with Crippen molar-refractivity contribution in [3.63, 3.8) is 0 Å². The summed E-state index contributed by atoms with van der Waals surface area (Å²) >= 11 is 0. The van der Waals surface area contributed by atoms with E-state index in [1.54, 1.807) is 24.3 Å². The number of nitrogens with two attached hydrogens (primary N) is 1. The van der Waals surface area contributed by atoms with Gasteiger partial charge in [-0.25, -0.2) is 4.39 Å². The van der Waals surface area contributed by atoms with Crippen molar-refractivity contribution < 1.29 is 29.6 Å². The van der Waals surface area contributed by atoms with Crippen LogP contribution in [-0.2, 0) is 4.79 Å². The molecule has 1 fully saturated rings.